The summed E-state index contributed by atoms with van der Waals surface area (Å²) in [5.74, 6) is -3.30. The first-order valence-corrected chi connectivity index (χ1v) is 8.35. The maximum absolute atomic E-state index is 13.6. The molecule has 0 spiro atoms. The number of piperazine rings is 1. The fourth-order valence-electron chi connectivity index (χ4n) is 2.68. The molecule has 6 nitrogen and oxygen atoms in total. The Hall–Kier alpha value is -3.30. The van der Waals surface area contributed by atoms with Crippen LogP contribution in [0.4, 0.5) is 38.5 Å². The Bertz CT molecular complexity index is 828. The predicted octanol–water partition coefficient (Wildman–Crippen LogP) is 3.62. The lowest BCUT2D eigenvalue weighted by atomic mass is 10.3. The van der Waals surface area contributed by atoms with Gasteiger partial charge in [-0.15, -0.1) is 0 Å². The number of benzene rings is 2. The van der Waals surface area contributed by atoms with Crippen LogP contribution in [0.25, 0.3) is 0 Å². The van der Waals surface area contributed by atoms with Crippen LogP contribution in [-0.2, 0) is 0 Å². The number of hydrogen-bond donors (Lipinski definition) is 2. The van der Waals surface area contributed by atoms with Crippen molar-refractivity contribution < 1.29 is 27.2 Å². The second-order valence-corrected chi connectivity index (χ2v) is 6.08. The summed E-state index contributed by atoms with van der Waals surface area (Å²) < 4.78 is 53.1. The van der Waals surface area contributed by atoms with Gasteiger partial charge in [0, 0.05) is 38.3 Å². The first-order valence-electron chi connectivity index (χ1n) is 8.35. The maximum Gasteiger partial charge on any atom is 0.322 e. The molecule has 4 amide bonds. The average Bonchev–Trinajstić information content (AvgIpc) is 2.66. The van der Waals surface area contributed by atoms with Crippen LogP contribution in [0.15, 0.2) is 36.4 Å². The van der Waals surface area contributed by atoms with E-state index in [1.54, 1.807) is 0 Å². The molecule has 2 N–H and O–H groups in total. The molecule has 1 heterocycles. The van der Waals surface area contributed by atoms with Crippen LogP contribution in [0.5, 0.6) is 0 Å². The number of carbonyl (C=O) groups excluding carboxylic acids is 2. The number of carbonyl (C=O) groups is 2. The zero-order valence-corrected chi connectivity index (χ0v) is 14.5. The van der Waals surface area contributed by atoms with E-state index in [0.29, 0.717) is 12.1 Å². The van der Waals surface area contributed by atoms with Crippen LogP contribution in [-0.4, -0.2) is 48.0 Å². The third-order valence-corrected chi connectivity index (χ3v) is 4.20. The van der Waals surface area contributed by atoms with Crippen LogP contribution < -0.4 is 10.6 Å². The monoisotopic (exact) mass is 396 g/mol. The average molecular weight is 396 g/mol. The summed E-state index contributed by atoms with van der Waals surface area (Å²) in [7, 11) is 0. The number of nitrogens with zero attached hydrogens (tertiary/aromatic N) is 2. The Morgan fingerprint density at radius 3 is 1.36 bits per heavy atom. The zero-order chi connectivity index (χ0) is 20.3. The Labute approximate surface area is 157 Å². The third kappa shape index (κ3) is 4.51. The van der Waals surface area contributed by atoms with Crippen molar-refractivity contribution in [2.24, 2.45) is 0 Å². The van der Waals surface area contributed by atoms with Gasteiger partial charge in [0.2, 0.25) is 0 Å². The molecule has 1 aliphatic heterocycles. The molecular formula is C18H16F4N4O2. The molecule has 0 bridgehead atoms. The van der Waals surface area contributed by atoms with Crippen molar-refractivity contribution in [1.29, 1.82) is 0 Å². The van der Waals surface area contributed by atoms with Crippen molar-refractivity contribution in [2.45, 2.75) is 0 Å². The SMILES string of the molecule is O=C(Nc1ccc(F)cc1F)N1CCN(C(=O)Nc2ccc(F)cc2F)CC1. The van der Waals surface area contributed by atoms with E-state index in [4.69, 9.17) is 0 Å². The molecule has 0 saturated carbocycles. The molecule has 0 radical (unpaired) electrons. The number of rotatable bonds is 2. The quantitative estimate of drug-likeness (QED) is 0.762. The molecule has 0 atom stereocenters. The minimum absolute atomic E-state index is 0.154. The molecule has 0 aliphatic carbocycles. The smallest absolute Gasteiger partial charge is 0.321 e. The molecule has 148 valence electrons. The molecule has 10 heteroatoms. The van der Waals surface area contributed by atoms with Crippen molar-refractivity contribution in [3.8, 4) is 0 Å². The van der Waals surface area contributed by atoms with Gasteiger partial charge in [-0.2, -0.15) is 0 Å². The zero-order valence-electron chi connectivity index (χ0n) is 14.5. The van der Waals surface area contributed by atoms with Crippen LogP contribution in [0.1, 0.15) is 0 Å². The number of urea groups is 2. The third-order valence-electron chi connectivity index (χ3n) is 4.20. The van der Waals surface area contributed by atoms with Crippen LogP contribution in [0.3, 0.4) is 0 Å². The number of amides is 4. The summed E-state index contributed by atoms with van der Waals surface area (Å²) >= 11 is 0. The molecule has 2 aromatic rings. The minimum Gasteiger partial charge on any atom is -0.321 e. The predicted molar refractivity (Wildman–Crippen MR) is 93.9 cm³/mol. The molecule has 1 aliphatic rings. The van der Waals surface area contributed by atoms with E-state index >= 15 is 0 Å². The van der Waals surface area contributed by atoms with Crippen LogP contribution in [0.2, 0.25) is 0 Å². The number of halogens is 4. The molecule has 2 aromatic carbocycles. The van der Waals surface area contributed by atoms with Gasteiger partial charge in [-0.05, 0) is 24.3 Å². The molecule has 0 aromatic heterocycles. The van der Waals surface area contributed by atoms with Crippen LogP contribution >= 0.6 is 0 Å². The van der Waals surface area contributed by atoms with Gasteiger partial charge in [-0.3, -0.25) is 0 Å². The summed E-state index contributed by atoms with van der Waals surface area (Å²) in [4.78, 5) is 27.1. The van der Waals surface area contributed by atoms with Gasteiger partial charge >= 0.3 is 12.1 Å². The summed E-state index contributed by atoms with van der Waals surface area (Å²) in [6.07, 6.45) is 0. The second-order valence-electron chi connectivity index (χ2n) is 6.08. The summed E-state index contributed by atoms with van der Waals surface area (Å²) in [6, 6.07) is 4.42. The van der Waals surface area contributed by atoms with Gasteiger partial charge in [-0.1, -0.05) is 0 Å². The molecule has 28 heavy (non-hydrogen) atoms. The van der Waals surface area contributed by atoms with E-state index < -0.39 is 35.3 Å². The maximum atomic E-state index is 13.6. The van der Waals surface area contributed by atoms with Gasteiger partial charge in [0.25, 0.3) is 0 Å². The van der Waals surface area contributed by atoms with Gasteiger partial charge in [-0.25, -0.2) is 27.2 Å². The number of hydrogen-bond acceptors (Lipinski definition) is 2. The van der Waals surface area contributed by atoms with Gasteiger partial charge in [0.15, 0.2) is 0 Å². The number of anilines is 2. The summed E-state index contributed by atoms with van der Waals surface area (Å²) in [5.41, 5.74) is -0.309. The Morgan fingerprint density at radius 1 is 0.679 bits per heavy atom. The molecule has 1 fully saturated rings. The molecular weight excluding hydrogens is 380 g/mol. The first kappa shape index (κ1) is 19.5. The van der Waals surface area contributed by atoms with Gasteiger partial charge < -0.3 is 20.4 Å². The van der Waals surface area contributed by atoms with E-state index in [1.165, 1.54) is 9.80 Å². The Morgan fingerprint density at radius 2 is 1.04 bits per heavy atom. The fraction of sp³-hybridized carbons (Fsp3) is 0.222. The highest BCUT2D eigenvalue weighted by molar-refractivity contribution is 5.91. The molecule has 3 rings (SSSR count). The topological polar surface area (TPSA) is 64.7 Å². The highest BCUT2D eigenvalue weighted by atomic mass is 19.1. The van der Waals surface area contributed by atoms with E-state index in [0.717, 1.165) is 24.3 Å². The standard InChI is InChI=1S/C18H16F4N4O2/c19-11-1-3-15(13(21)9-11)23-17(27)25-5-7-26(8-6-25)18(28)24-16-4-2-12(20)10-14(16)22/h1-4,9-10H,5-8H2,(H,23,27)(H,24,28). The van der Waals surface area contributed by atoms with E-state index in [-0.39, 0.29) is 37.6 Å². The highest BCUT2D eigenvalue weighted by Gasteiger charge is 2.25. The van der Waals surface area contributed by atoms with E-state index in [2.05, 4.69) is 10.6 Å². The first-order chi connectivity index (χ1) is 13.3. The lowest BCUT2D eigenvalue weighted by molar-refractivity contribution is 0.156. The van der Waals surface area contributed by atoms with Gasteiger partial charge in [0.1, 0.15) is 23.3 Å². The van der Waals surface area contributed by atoms with Gasteiger partial charge in [0.05, 0.1) is 11.4 Å². The fourth-order valence-corrected chi connectivity index (χ4v) is 2.68. The van der Waals surface area contributed by atoms with Crippen LogP contribution in [0, 0.1) is 23.3 Å². The van der Waals surface area contributed by atoms with E-state index in [9.17, 15) is 27.2 Å². The lowest BCUT2D eigenvalue weighted by Gasteiger charge is -2.34. The Kier molecular flexibility index (Phi) is 5.67. The van der Waals surface area contributed by atoms with Crippen molar-refractivity contribution >= 4 is 23.4 Å². The second kappa shape index (κ2) is 8.15. The summed E-state index contributed by atoms with van der Waals surface area (Å²) in [5, 5.41) is 4.69. The molecule has 0 unspecified atom stereocenters. The summed E-state index contributed by atoms with van der Waals surface area (Å²) in [6.45, 7) is 0.643. The largest absolute Gasteiger partial charge is 0.322 e. The highest BCUT2D eigenvalue weighted by Crippen LogP contribution is 2.18. The lowest BCUT2D eigenvalue weighted by Crippen LogP contribution is -2.52. The minimum atomic E-state index is -0.896. The van der Waals surface area contributed by atoms with Crippen molar-refractivity contribution in [2.75, 3.05) is 36.8 Å². The normalized spacial score (nSPS) is 14.0. The van der Waals surface area contributed by atoms with Crippen molar-refractivity contribution in [3.05, 3.63) is 59.7 Å². The van der Waals surface area contributed by atoms with E-state index in [1.807, 2.05) is 0 Å². The van der Waals surface area contributed by atoms with Crippen molar-refractivity contribution in [1.82, 2.24) is 9.80 Å². The number of nitrogens with one attached hydrogen (secondary N) is 2. The Balaban J connectivity index is 1.53. The van der Waals surface area contributed by atoms with Crippen molar-refractivity contribution in [3.63, 3.8) is 0 Å². The molecule has 1 saturated heterocycles.